The molecule has 0 unspecified atom stereocenters. The smallest absolute Gasteiger partial charge is 0.172 e. The lowest BCUT2D eigenvalue weighted by atomic mass is 10.0. The van der Waals surface area contributed by atoms with Crippen LogP contribution in [-0.4, -0.2) is 11.6 Å². The van der Waals surface area contributed by atoms with E-state index in [-0.39, 0.29) is 18.0 Å². The van der Waals surface area contributed by atoms with E-state index in [1.807, 2.05) is 19.1 Å². The fourth-order valence-electron chi connectivity index (χ4n) is 2.03. The molecule has 0 saturated carbocycles. The van der Waals surface area contributed by atoms with Gasteiger partial charge < -0.3 is 5.32 Å². The lowest BCUT2D eigenvalue weighted by Gasteiger charge is -2.10. The Morgan fingerprint density at radius 1 is 0.952 bits per heavy atom. The Morgan fingerprint density at radius 3 is 2.24 bits per heavy atom. The summed E-state index contributed by atoms with van der Waals surface area (Å²) in [6, 6.07) is 16.0. The predicted molar refractivity (Wildman–Crippen MR) is 84.6 cm³/mol. The first-order chi connectivity index (χ1) is 10.1. The van der Waals surface area contributed by atoms with E-state index in [1.165, 1.54) is 0 Å². The number of carbonyl (C=O) groups excluding carboxylic acids is 2. The molecule has 2 aromatic rings. The van der Waals surface area contributed by atoms with E-state index >= 15 is 0 Å². The third-order valence-corrected chi connectivity index (χ3v) is 2.99. The zero-order chi connectivity index (χ0) is 15.2. The summed E-state index contributed by atoms with van der Waals surface area (Å²) in [6.45, 7) is 5.59. The predicted octanol–water partition coefficient (Wildman–Crippen LogP) is 4.09. The van der Waals surface area contributed by atoms with Gasteiger partial charge in [-0.1, -0.05) is 49.0 Å². The minimum Gasteiger partial charge on any atom is -0.359 e. The summed E-state index contributed by atoms with van der Waals surface area (Å²) < 4.78 is 0. The van der Waals surface area contributed by atoms with Gasteiger partial charge in [-0.25, -0.2) is 0 Å². The molecular formula is C18H17NO2. The molecule has 2 aromatic carbocycles. The molecule has 1 N–H and O–H groups in total. The number of para-hydroxylation sites is 1. The van der Waals surface area contributed by atoms with E-state index in [1.54, 1.807) is 42.5 Å². The van der Waals surface area contributed by atoms with E-state index in [2.05, 4.69) is 11.9 Å². The average Bonchev–Trinajstić information content (AvgIpc) is 2.48. The van der Waals surface area contributed by atoms with E-state index < -0.39 is 0 Å². The average molecular weight is 279 g/mol. The summed E-state index contributed by atoms with van der Waals surface area (Å²) >= 11 is 0. The minimum atomic E-state index is -0.201. The maximum Gasteiger partial charge on any atom is 0.172 e. The van der Waals surface area contributed by atoms with E-state index in [0.29, 0.717) is 16.8 Å². The molecular weight excluding hydrogens is 262 g/mol. The van der Waals surface area contributed by atoms with Crippen LogP contribution in [0.1, 0.15) is 34.1 Å². The van der Waals surface area contributed by atoms with Crippen LogP contribution in [0.3, 0.4) is 0 Å². The molecule has 0 heterocycles. The number of rotatable bonds is 6. The van der Waals surface area contributed by atoms with Gasteiger partial charge in [0.25, 0.3) is 0 Å². The molecule has 2 rings (SSSR count). The summed E-state index contributed by atoms with van der Waals surface area (Å²) in [5, 5.41) is 3.04. The number of nitrogens with one attached hydrogen (secondary N) is 1. The lowest BCUT2D eigenvalue weighted by Crippen LogP contribution is -2.11. The number of hydrogen-bond donors (Lipinski definition) is 1. The number of anilines is 1. The third-order valence-electron chi connectivity index (χ3n) is 2.99. The van der Waals surface area contributed by atoms with Crippen LogP contribution in [0.5, 0.6) is 0 Å². The van der Waals surface area contributed by atoms with Crippen molar-refractivity contribution in [3.05, 3.63) is 78.0 Å². The molecule has 0 aromatic heterocycles. The molecule has 106 valence electrons. The summed E-state index contributed by atoms with van der Waals surface area (Å²) in [6.07, 6.45) is -0.140. The normalized spacial score (nSPS) is 9.95. The summed E-state index contributed by atoms with van der Waals surface area (Å²) in [5.74, 6) is -0.376. The number of hydrogen-bond acceptors (Lipinski definition) is 3. The Morgan fingerprint density at radius 2 is 1.57 bits per heavy atom. The van der Waals surface area contributed by atoms with E-state index in [4.69, 9.17) is 0 Å². The maximum absolute atomic E-state index is 12.3. The van der Waals surface area contributed by atoms with Crippen LogP contribution in [0, 0.1) is 0 Å². The Bertz CT molecular complexity index is 675. The Balaban J connectivity index is 2.17. The summed E-state index contributed by atoms with van der Waals surface area (Å²) in [7, 11) is 0. The number of allylic oxidation sites excluding steroid dienone is 1. The van der Waals surface area contributed by atoms with Crippen LogP contribution >= 0.6 is 0 Å². The monoisotopic (exact) mass is 279 g/mol. The van der Waals surface area contributed by atoms with Crippen molar-refractivity contribution >= 4 is 17.3 Å². The van der Waals surface area contributed by atoms with Gasteiger partial charge in [0.15, 0.2) is 11.6 Å². The Hall–Kier alpha value is -2.68. The van der Waals surface area contributed by atoms with Crippen LogP contribution < -0.4 is 5.32 Å². The fraction of sp³-hybridized carbons (Fsp3) is 0.111. The number of ketones is 2. The summed E-state index contributed by atoms with van der Waals surface area (Å²) in [5.41, 5.74) is 2.47. The minimum absolute atomic E-state index is 0.140. The fourth-order valence-corrected chi connectivity index (χ4v) is 2.03. The highest BCUT2D eigenvalue weighted by atomic mass is 16.1. The zero-order valence-corrected chi connectivity index (χ0v) is 11.9. The topological polar surface area (TPSA) is 46.2 Å². The van der Waals surface area contributed by atoms with Crippen molar-refractivity contribution in [3.63, 3.8) is 0 Å². The highest BCUT2D eigenvalue weighted by molar-refractivity contribution is 6.15. The van der Waals surface area contributed by atoms with Crippen LogP contribution in [0.15, 0.2) is 66.9 Å². The van der Waals surface area contributed by atoms with Crippen molar-refractivity contribution in [1.82, 2.24) is 0 Å². The Kier molecular flexibility index (Phi) is 4.67. The van der Waals surface area contributed by atoms with Crippen molar-refractivity contribution in [2.75, 3.05) is 5.32 Å². The molecule has 21 heavy (non-hydrogen) atoms. The van der Waals surface area contributed by atoms with Gasteiger partial charge in [-0.15, -0.1) is 0 Å². The van der Waals surface area contributed by atoms with E-state index in [9.17, 15) is 9.59 Å². The van der Waals surface area contributed by atoms with Gasteiger partial charge in [0.2, 0.25) is 0 Å². The van der Waals surface area contributed by atoms with Gasteiger partial charge >= 0.3 is 0 Å². The molecule has 0 fully saturated rings. The van der Waals surface area contributed by atoms with Crippen molar-refractivity contribution < 1.29 is 9.59 Å². The van der Waals surface area contributed by atoms with Crippen LogP contribution in [0.2, 0.25) is 0 Å². The van der Waals surface area contributed by atoms with Gasteiger partial charge in [0.05, 0.1) is 6.42 Å². The van der Waals surface area contributed by atoms with Crippen molar-refractivity contribution in [1.29, 1.82) is 0 Å². The highest BCUT2D eigenvalue weighted by Crippen LogP contribution is 2.19. The van der Waals surface area contributed by atoms with Gasteiger partial charge in [0.1, 0.15) is 0 Å². The van der Waals surface area contributed by atoms with Gasteiger partial charge in [-0.05, 0) is 19.1 Å². The van der Waals surface area contributed by atoms with Gasteiger partial charge in [0, 0.05) is 22.5 Å². The van der Waals surface area contributed by atoms with Crippen molar-refractivity contribution in [2.24, 2.45) is 0 Å². The lowest BCUT2D eigenvalue weighted by molar-refractivity contribution is 0.0895. The summed E-state index contributed by atoms with van der Waals surface area (Å²) in [4.78, 5) is 24.4. The molecule has 0 radical (unpaired) electrons. The first-order valence-electron chi connectivity index (χ1n) is 6.71. The second-order valence-electron chi connectivity index (χ2n) is 4.84. The molecule has 0 amide bonds. The first-order valence-corrected chi connectivity index (χ1v) is 6.71. The molecule has 0 saturated heterocycles. The number of Topliss-reactive ketones (excluding diaryl/α,β-unsaturated/α-hetero) is 2. The maximum atomic E-state index is 12.3. The first kappa shape index (κ1) is 14.7. The van der Waals surface area contributed by atoms with E-state index in [0.717, 1.165) is 5.70 Å². The molecule has 0 atom stereocenters. The standard InChI is InChI=1S/C18H17NO2/c1-13(2)19-16-11-7-6-10-15(16)18(21)12-17(20)14-8-4-3-5-9-14/h3-11,19H,1,12H2,2H3. The SMILES string of the molecule is C=C(C)Nc1ccccc1C(=O)CC(=O)c1ccccc1. The molecule has 3 nitrogen and oxygen atoms in total. The molecule has 0 aliphatic rings. The molecule has 0 aliphatic heterocycles. The third kappa shape index (κ3) is 3.89. The van der Waals surface area contributed by atoms with Gasteiger partial charge in [-0.2, -0.15) is 0 Å². The Labute approximate surface area is 124 Å². The molecule has 0 spiro atoms. The quantitative estimate of drug-likeness (QED) is 0.640. The zero-order valence-electron chi connectivity index (χ0n) is 11.9. The van der Waals surface area contributed by atoms with Crippen molar-refractivity contribution in [2.45, 2.75) is 13.3 Å². The van der Waals surface area contributed by atoms with Crippen LogP contribution in [-0.2, 0) is 0 Å². The van der Waals surface area contributed by atoms with Crippen LogP contribution in [0.4, 0.5) is 5.69 Å². The highest BCUT2D eigenvalue weighted by Gasteiger charge is 2.16. The van der Waals surface area contributed by atoms with Gasteiger partial charge in [-0.3, -0.25) is 9.59 Å². The number of carbonyl (C=O) groups is 2. The van der Waals surface area contributed by atoms with Crippen molar-refractivity contribution in [3.8, 4) is 0 Å². The molecule has 3 heteroatoms. The second kappa shape index (κ2) is 6.66. The molecule has 0 aliphatic carbocycles. The molecule has 0 bridgehead atoms. The van der Waals surface area contributed by atoms with Crippen LogP contribution in [0.25, 0.3) is 0 Å². The second-order valence-corrected chi connectivity index (χ2v) is 4.84. The largest absolute Gasteiger partial charge is 0.359 e. The number of benzene rings is 2.